The first-order chi connectivity index (χ1) is 9.71. The second kappa shape index (κ2) is 6.96. The summed E-state index contributed by atoms with van der Waals surface area (Å²) in [6.45, 7) is 2.24. The fourth-order valence-electron chi connectivity index (χ4n) is 2.16. The number of aliphatic hydroxyl groups is 1. The van der Waals surface area contributed by atoms with Crippen LogP contribution in [0.4, 0.5) is 5.69 Å². The maximum Gasteiger partial charge on any atom is 0.118 e. The second-order valence-corrected chi connectivity index (χ2v) is 4.95. The van der Waals surface area contributed by atoms with Crippen molar-refractivity contribution in [2.45, 2.75) is 26.0 Å². The Balaban J connectivity index is 1.91. The number of aliphatic hydroxyl groups excluding tert-OH is 1. The SMILES string of the molecule is COc1ccc(CC(C)Nc2ccc(CO)cc2)cc1. The molecular formula is C17H21NO2. The van der Waals surface area contributed by atoms with Crippen molar-refractivity contribution in [1.82, 2.24) is 0 Å². The molecule has 20 heavy (non-hydrogen) atoms. The predicted molar refractivity (Wildman–Crippen MR) is 82.1 cm³/mol. The average molecular weight is 271 g/mol. The highest BCUT2D eigenvalue weighted by molar-refractivity contribution is 5.45. The first-order valence-electron chi connectivity index (χ1n) is 6.80. The molecule has 0 radical (unpaired) electrons. The first-order valence-corrected chi connectivity index (χ1v) is 6.80. The van der Waals surface area contributed by atoms with Crippen molar-refractivity contribution in [2.75, 3.05) is 12.4 Å². The normalized spacial score (nSPS) is 11.9. The molecule has 0 aliphatic rings. The number of benzene rings is 2. The van der Waals surface area contributed by atoms with Gasteiger partial charge in [0.15, 0.2) is 0 Å². The monoisotopic (exact) mass is 271 g/mol. The largest absolute Gasteiger partial charge is 0.497 e. The molecule has 0 aromatic heterocycles. The van der Waals surface area contributed by atoms with E-state index >= 15 is 0 Å². The summed E-state index contributed by atoms with van der Waals surface area (Å²) in [6.07, 6.45) is 0.950. The van der Waals surface area contributed by atoms with Gasteiger partial charge in [0.2, 0.25) is 0 Å². The lowest BCUT2D eigenvalue weighted by Gasteiger charge is -2.16. The molecule has 3 heteroatoms. The van der Waals surface area contributed by atoms with Crippen molar-refractivity contribution in [2.24, 2.45) is 0 Å². The van der Waals surface area contributed by atoms with Crippen LogP contribution < -0.4 is 10.1 Å². The van der Waals surface area contributed by atoms with E-state index in [1.54, 1.807) is 7.11 Å². The molecule has 3 nitrogen and oxygen atoms in total. The van der Waals surface area contributed by atoms with Gasteiger partial charge in [-0.25, -0.2) is 0 Å². The number of hydrogen-bond acceptors (Lipinski definition) is 3. The fraction of sp³-hybridized carbons (Fsp3) is 0.294. The van der Waals surface area contributed by atoms with E-state index in [-0.39, 0.29) is 6.61 Å². The molecule has 2 aromatic carbocycles. The molecule has 0 bridgehead atoms. The Labute approximate surface area is 120 Å². The van der Waals surface area contributed by atoms with Crippen molar-refractivity contribution in [3.8, 4) is 5.75 Å². The third-order valence-electron chi connectivity index (χ3n) is 3.25. The Morgan fingerprint density at radius 3 is 2.15 bits per heavy atom. The molecule has 0 saturated heterocycles. The summed E-state index contributed by atoms with van der Waals surface area (Å²) in [5.74, 6) is 0.883. The lowest BCUT2D eigenvalue weighted by Crippen LogP contribution is -2.17. The lowest BCUT2D eigenvalue weighted by molar-refractivity contribution is 0.282. The molecule has 106 valence electrons. The topological polar surface area (TPSA) is 41.5 Å². The summed E-state index contributed by atoms with van der Waals surface area (Å²) >= 11 is 0. The maximum atomic E-state index is 9.02. The Kier molecular flexibility index (Phi) is 5.02. The van der Waals surface area contributed by atoms with Gasteiger partial charge in [0.1, 0.15) is 5.75 Å². The maximum absolute atomic E-state index is 9.02. The highest BCUT2D eigenvalue weighted by atomic mass is 16.5. The van der Waals surface area contributed by atoms with E-state index in [1.807, 2.05) is 36.4 Å². The molecule has 2 rings (SSSR count). The molecule has 1 unspecified atom stereocenters. The number of methoxy groups -OCH3 is 1. The van der Waals surface area contributed by atoms with Crippen molar-refractivity contribution >= 4 is 5.69 Å². The van der Waals surface area contributed by atoms with Gasteiger partial charge >= 0.3 is 0 Å². The van der Waals surface area contributed by atoms with Crippen molar-refractivity contribution in [3.05, 3.63) is 59.7 Å². The van der Waals surface area contributed by atoms with Gasteiger partial charge in [0.05, 0.1) is 13.7 Å². The Bertz CT molecular complexity index is 470. The summed E-state index contributed by atoms with van der Waals surface area (Å²) < 4.78 is 5.16. The molecule has 0 fully saturated rings. The van der Waals surface area contributed by atoms with Crippen LogP contribution in [0.2, 0.25) is 0 Å². The lowest BCUT2D eigenvalue weighted by atomic mass is 10.1. The third kappa shape index (κ3) is 4.00. The highest BCUT2D eigenvalue weighted by Crippen LogP contribution is 2.15. The van der Waals surface area contributed by atoms with Gasteiger partial charge in [-0.15, -0.1) is 0 Å². The van der Waals surface area contributed by atoms with Gasteiger partial charge < -0.3 is 15.2 Å². The van der Waals surface area contributed by atoms with Gasteiger partial charge in [-0.1, -0.05) is 24.3 Å². The minimum absolute atomic E-state index is 0.0850. The summed E-state index contributed by atoms with van der Waals surface area (Å²) in [5, 5.41) is 12.5. The van der Waals surface area contributed by atoms with Crippen LogP contribution in [0.15, 0.2) is 48.5 Å². The van der Waals surface area contributed by atoms with Gasteiger partial charge in [-0.3, -0.25) is 0 Å². The molecule has 0 amide bonds. The van der Waals surface area contributed by atoms with Crippen molar-refractivity contribution in [3.63, 3.8) is 0 Å². The number of hydrogen-bond donors (Lipinski definition) is 2. The molecule has 2 N–H and O–H groups in total. The quantitative estimate of drug-likeness (QED) is 0.847. The molecule has 0 aliphatic carbocycles. The smallest absolute Gasteiger partial charge is 0.118 e. The molecular weight excluding hydrogens is 250 g/mol. The van der Waals surface area contributed by atoms with E-state index in [0.717, 1.165) is 23.4 Å². The van der Waals surface area contributed by atoms with Gasteiger partial charge in [0, 0.05) is 11.7 Å². The molecule has 0 spiro atoms. The summed E-state index contributed by atoms with van der Waals surface area (Å²) in [6, 6.07) is 16.3. The first kappa shape index (κ1) is 14.4. The fourth-order valence-corrected chi connectivity index (χ4v) is 2.16. The highest BCUT2D eigenvalue weighted by Gasteiger charge is 2.04. The summed E-state index contributed by atoms with van der Waals surface area (Å²) in [5.41, 5.74) is 3.28. The summed E-state index contributed by atoms with van der Waals surface area (Å²) in [4.78, 5) is 0. The van der Waals surface area contributed by atoms with E-state index in [2.05, 4.69) is 24.4 Å². The van der Waals surface area contributed by atoms with Gasteiger partial charge in [0.25, 0.3) is 0 Å². The number of rotatable bonds is 6. The standard InChI is InChI=1S/C17H21NO2/c1-13(11-14-5-9-17(20-2)10-6-14)18-16-7-3-15(12-19)4-8-16/h3-10,13,18-19H,11-12H2,1-2H3. The Morgan fingerprint density at radius 2 is 1.60 bits per heavy atom. The number of ether oxygens (including phenoxy) is 1. The predicted octanol–water partition coefficient (Wildman–Crippen LogP) is 3.23. The van der Waals surface area contributed by atoms with Crippen LogP contribution in [0.1, 0.15) is 18.1 Å². The van der Waals surface area contributed by atoms with E-state index in [4.69, 9.17) is 9.84 Å². The zero-order chi connectivity index (χ0) is 14.4. The average Bonchev–Trinajstić information content (AvgIpc) is 2.49. The van der Waals surface area contributed by atoms with Crippen LogP contribution in [0.3, 0.4) is 0 Å². The van der Waals surface area contributed by atoms with Crippen LogP contribution >= 0.6 is 0 Å². The molecule has 0 heterocycles. The zero-order valence-electron chi connectivity index (χ0n) is 12.0. The van der Waals surface area contributed by atoms with E-state index in [9.17, 15) is 0 Å². The van der Waals surface area contributed by atoms with Crippen LogP contribution in [-0.4, -0.2) is 18.3 Å². The molecule has 0 saturated carbocycles. The molecule has 0 aliphatic heterocycles. The minimum atomic E-state index is 0.0850. The summed E-state index contributed by atoms with van der Waals surface area (Å²) in [7, 11) is 1.68. The van der Waals surface area contributed by atoms with Crippen LogP contribution in [-0.2, 0) is 13.0 Å². The van der Waals surface area contributed by atoms with E-state index < -0.39 is 0 Å². The van der Waals surface area contributed by atoms with Crippen LogP contribution in [0, 0.1) is 0 Å². The van der Waals surface area contributed by atoms with Crippen molar-refractivity contribution < 1.29 is 9.84 Å². The van der Waals surface area contributed by atoms with Crippen LogP contribution in [0.5, 0.6) is 5.75 Å². The minimum Gasteiger partial charge on any atom is -0.497 e. The third-order valence-corrected chi connectivity index (χ3v) is 3.25. The Hall–Kier alpha value is -2.00. The van der Waals surface area contributed by atoms with Crippen LogP contribution in [0.25, 0.3) is 0 Å². The number of nitrogens with one attached hydrogen (secondary N) is 1. The molecule has 2 aromatic rings. The van der Waals surface area contributed by atoms with Gasteiger partial charge in [-0.2, -0.15) is 0 Å². The van der Waals surface area contributed by atoms with E-state index in [1.165, 1.54) is 5.56 Å². The molecule has 1 atom stereocenters. The van der Waals surface area contributed by atoms with Crippen molar-refractivity contribution in [1.29, 1.82) is 0 Å². The Morgan fingerprint density at radius 1 is 1.00 bits per heavy atom. The van der Waals surface area contributed by atoms with E-state index in [0.29, 0.717) is 6.04 Å². The number of anilines is 1. The second-order valence-electron chi connectivity index (χ2n) is 4.95. The zero-order valence-corrected chi connectivity index (χ0v) is 12.0. The van der Waals surface area contributed by atoms with Gasteiger partial charge in [-0.05, 0) is 48.7 Å².